The van der Waals surface area contributed by atoms with Gasteiger partial charge in [-0.05, 0) is 30.9 Å². The van der Waals surface area contributed by atoms with Crippen molar-refractivity contribution in [3.8, 4) is 0 Å². The number of esters is 1. The van der Waals surface area contributed by atoms with E-state index in [1.165, 1.54) is 19.1 Å². The molecule has 1 aliphatic heterocycles. The van der Waals surface area contributed by atoms with E-state index in [2.05, 4.69) is 11.4 Å². The van der Waals surface area contributed by atoms with Crippen LogP contribution < -0.4 is 5.32 Å². The Balaban J connectivity index is 2.43. The molecule has 0 bridgehead atoms. The topological polar surface area (TPSA) is 38.3 Å². The molecule has 1 N–H and O–H groups in total. The number of hydrogen-bond acceptors (Lipinski definition) is 3. The van der Waals surface area contributed by atoms with Crippen molar-refractivity contribution in [2.24, 2.45) is 0 Å². The van der Waals surface area contributed by atoms with Crippen LogP contribution in [0.2, 0.25) is 0 Å². The lowest BCUT2D eigenvalue weighted by Crippen LogP contribution is -2.09. The maximum absolute atomic E-state index is 11.5. The highest BCUT2D eigenvalue weighted by atomic mass is 16.5. The summed E-state index contributed by atoms with van der Waals surface area (Å²) in [5.41, 5.74) is 2.83. The minimum Gasteiger partial charge on any atom is -0.465 e. The van der Waals surface area contributed by atoms with Gasteiger partial charge in [0.25, 0.3) is 0 Å². The van der Waals surface area contributed by atoms with Gasteiger partial charge in [-0.25, -0.2) is 4.79 Å². The van der Waals surface area contributed by atoms with Crippen LogP contribution in [0.15, 0.2) is 18.2 Å². The van der Waals surface area contributed by atoms with E-state index in [1.54, 1.807) is 0 Å². The third kappa shape index (κ3) is 1.96. The van der Waals surface area contributed by atoms with Crippen molar-refractivity contribution in [1.82, 2.24) is 0 Å². The minimum atomic E-state index is -0.263. The molecule has 0 fully saturated rings. The third-order valence-electron chi connectivity index (χ3n) is 2.73. The number of benzene rings is 1. The van der Waals surface area contributed by atoms with Crippen molar-refractivity contribution in [2.45, 2.75) is 19.3 Å². The SMILES string of the molecule is COC(=O)c1cccc2c1NCCCC2. The van der Waals surface area contributed by atoms with Crippen LogP contribution >= 0.6 is 0 Å². The number of carbonyl (C=O) groups is 1. The molecule has 1 aromatic rings. The predicted octanol–water partition coefficient (Wildman–Crippen LogP) is 2.22. The monoisotopic (exact) mass is 205 g/mol. The van der Waals surface area contributed by atoms with E-state index in [4.69, 9.17) is 4.74 Å². The van der Waals surface area contributed by atoms with Gasteiger partial charge in [-0.3, -0.25) is 0 Å². The third-order valence-corrected chi connectivity index (χ3v) is 2.73. The summed E-state index contributed by atoms with van der Waals surface area (Å²) in [4.78, 5) is 11.5. The lowest BCUT2D eigenvalue weighted by atomic mass is 10.0. The fourth-order valence-corrected chi connectivity index (χ4v) is 1.95. The van der Waals surface area contributed by atoms with Gasteiger partial charge in [0.2, 0.25) is 0 Å². The maximum atomic E-state index is 11.5. The van der Waals surface area contributed by atoms with Gasteiger partial charge in [0.15, 0.2) is 0 Å². The molecule has 0 radical (unpaired) electrons. The molecule has 1 aromatic carbocycles. The average molecular weight is 205 g/mol. The van der Waals surface area contributed by atoms with Crippen LogP contribution in [0, 0.1) is 0 Å². The number of nitrogens with one attached hydrogen (secondary N) is 1. The second-order valence-corrected chi connectivity index (χ2v) is 3.72. The standard InChI is InChI=1S/C12H15NO2/c1-15-12(14)10-7-4-6-9-5-2-3-8-13-11(9)10/h4,6-7,13H,2-3,5,8H2,1H3. The summed E-state index contributed by atoms with van der Waals surface area (Å²) in [5, 5.41) is 3.31. The Morgan fingerprint density at radius 2 is 2.27 bits per heavy atom. The quantitative estimate of drug-likeness (QED) is 0.714. The fourth-order valence-electron chi connectivity index (χ4n) is 1.95. The Labute approximate surface area is 89.4 Å². The van der Waals surface area contributed by atoms with Crippen LogP contribution in [0.4, 0.5) is 5.69 Å². The molecule has 0 aromatic heterocycles. The van der Waals surface area contributed by atoms with Gasteiger partial charge in [-0.15, -0.1) is 0 Å². The van der Waals surface area contributed by atoms with Crippen molar-refractivity contribution in [1.29, 1.82) is 0 Å². The largest absolute Gasteiger partial charge is 0.465 e. The van der Waals surface area contributed by atoms with Crippen molar-refractivity contribution >= 4 is 11.7 Å². The van der Waals surface area contributed by atoms with E-state index in [-0.39, 0.29) is 5.97 Å². The highest BCUT2D eigenvalue weighted by molar-refractivity contribution is 5.96. The number of ether oxygens (including phenoxy) is 1. The smallest absolute Gasteiger partial charge is 0.339 e. The van der Waals surface area contributed by atoms with Gasteiger partial charge in [-0.2, -0.15) is 0 Å². The zero-order valence-electron chi connectivity index (χ0n) is 8.88. The summed E-state index contributed by atoms with van der Waals surface area (Å²) in [6, 6.07) is 5.79. The van der Waals surface area contributed by atoms with Crippen LogP contribution in [-0.2, 0) is 11.2 Å². The minimum absolute atomic E-state index is 0.263. The second-order valence-electron chi connectivity index (χ2n) is 3.72. The molecule has 2 rings (SSSR count). The summed E-state index contributed by atoms with van der Waals surface area (Å²) in [7, 11) is 1.42. The molecular formula is C12H15NO2. The normalized spacial score (nSPS) is 14.7. The average Bonchev–Trinajstić information content (AvgIpc) is 2.52. The molecule has 3 heteroatoms. The first-order chi connectivity index (χ1) is 7.33. The van der Waals surface area contributed by atoms with E-state index in [1.807, 2.05) is 12.1 Å². The predicted molar refractivity (Wildman–Crippen MR) is 59.2 cm³/mol. The Hall–Kier alpha value is -1.51. The number of hydrogen-bond donors (Lipinski definition) is 1. The first-order valence-electron chi connectivity index (χ1n) is 5.27. The molecule has 0 saturated heterocycles. The van der Waals surface area contributed by atoms with E-state index in [0.717, 1.165) is 25.1 Å². The molecule has 0 spiro atoms. The zero-order chi connectivity index (χ0) is 10.7. The number of aryl methyl sites for hydroxylation is 1. The zero-order valence-corrected chi connectivity index (χ0v) is 8.88. The molecule has 15 heavy (non-hydrogen) atoms. The number of methoxy groups -OCH3 is 1. The Morgan fingerprint density at radius 3 is 3.07 bits per heavy atom. The molecular weight excluding hydrogens is 190 g/mol. The van der Waals surface area contributed by atoms with Gasteiger partial charge in [0.1, 0.15) is 0 Å². The molecule has 0 amide bonds. The molecule has 80 valence electrons. The number of carbonyl (C=O) groups excluding carboxylic acids is 1. The van der Waals surface area contributed by atoms with Crippen LogP contribution in [0.3, 0.4) is 0 Å². The van der Waals surface area contributed by atoms with Crippen molar-refractivity contribution < 1.29 is 9.53 Å². The summed E-state index contributed by atoms with van der Waals surface area (Å²) < 4.78 is 4.76. The van der Waals surface area contributed by atoms with Crippen molar-refractivity contribution in [3.63, 3.8) is 0 Å². The highest BCUT2D eigenvalue weighted by Gasteiger charge is 2.16. The Bertz CT molecular complexity index is 374. The number of anilines is 1. The summed E-state index contributed by atoms with van der Waals surface area (Å²) in [6.45, 7) is 0.932. The van der Waals surface area contributed by atoms with Gasteiger partial charge in [0.05, 0.1) is 18.4 Å². The van der Waals surface area contributed by atoms with Crippen LogP contribution in [-0.4, -0.2) is 19.6 Å². The summed E-state index contributed by atoms with van der Waals surface area (Å²) in [5.74, 6) is -0.263. The molecule has 0 aliphatic carbocycles. The van der Waals surface area contributed by atoms with Crippen molar-refractivity contribution in [3.05, 3.63) is 29.3 Å². The summed E-state index contributed by atoms with van der Waals surface area (Å²) in [6.07, 6.45) is 3.35. The number of para-hydroxylation sites is 1. The number of fused-ring (bicyclic) bond motifs is 1. The first kappa shape index (κ1) is 10.0. The molecule has 0 unspecified atom stereocenters. The second kappa shape index (κ2) is 4.34. The van der Waals surface area contributed by atoms with E-state index in [9.17, 15) is 4.79 Å². The van der Waals surface area contributed by atoms with E-state index in [0.29, 0.717) is 5.56 Å². The van der Waals surface area contributed by atoms with Crippen LogP contribution in [0.25, 0.3) is 0 Å². The fraction of sp³-hybridized carbons (Fsp3) is 0.417. The lowest BCUT2D eigenvalue weighted by molar-refractivity contribution is 0.0602. The van der Waals surface area contributed by atoms with E-state index < -0.39 is 0 Å². The number of rotatable bonds is 1. The first-order valence-corrected chi connectivity index (χ1v) is 5.27. The molecule has 0 atom stereocenters. The van der Waals surface area contributed by atoms with Crippen LogP contribution in [0.1, 0.15) is 28.8 Å². The van der Waals surface area contributed by atoms with Gasteiger partial charge < -0.3 is 10.1 Å². The summed E-state index contributed by atoms with van der Waals surface area (Å²) >= 11 is 0. The Morgan fingerprint density at radius 1 is 1.40 bits per heavy atom. The molecule has 0 saturated carbocycles. The van der Waals surface area contributed by atoms with Gasteiger partial charge in [-0.1, -0.05) is 12.1 Å². The van der Waals surface area contributed by atoms with E-state index >= 15 is 0 Å². The van der Waals surface area contributed by atoms with Crippen LogP contribution in [0.5, 0.6) is 0 Å². The lowest BCUT2D eigenvalue weighted by Gasteiger charge is -2.11. The molecule has 3 nitrogen and oxygen atoms in total. The molecule has 1 heterocycles. The van der Waals surface area contributed by atoms with Gasteiger partial charge >= 0.3 is 5.97 Å². The maximum Gasteiger partial charge on any atom is 0.339 e. The Kier molecular flexibility index (Phi) is 2.90. The molecule has 1 aliphatic rings. The van der Waals surface area contributed by atoms with Gasteiger partial charge in [0, 0.05) is 6.54 Å². The highest BCUT2D eigenvalue weighted by Crippen LogP contribution is 2.25. The van der Waals surface area contributed by atoms with Crippen molar-refractivity contribution in [2.75, 3.05) is 19.0 Å².